The highest BCUT2D eigenvalue weighted by molar-refractivity contribution is 4.92. The van der Waals surface area contributed by atoms with Crippen molar-refractivity contribution in [3.05, 3.63) is 12.7 Å². The van der Waals surface area contributed by atoms with Crippen molar-refractivity contribution in [2.24, 2.45) is 5.41 Å². The van der Waals surface area contributed by atoms with Crippen molar-refractivity contribution in [2.45, 2.75) is 26.2 Å². The molecular weight excluding hydrogens is 122 g/mol. The van der Waals surface area contributed by atoms with E-state index in [-0.39, 0.29) is 0 Å². The molecule has 58 valence electrons. The summed E-state index contributed by atoms with van der Waals surface area (Å²) in [4.78, 5) is 0. The minimum atomic E-state index is 0.633. The van der Waals surface area contributed by atoms with Gasteiger partial charge >= 0.3 is 0 Å². The monoisotopic (exact) mass is 139 g/mol. The Balaban J connectivity index is 2.26. The minimum Gasteiger partial charge on any atom is -0.316 e. The van der Waals surface area contributed by atoms with E-state index in [0.717, 1.165) is 0 Å². The molecule has 0 aromatic heterocycles. The number of hydrogen-bond donors (Lipinski definition) is 1. The molecule has 1 aliphatic rings. The Morgan fingerprint density at radius 3 is 2.60 bits per heavy atom. The smallest absolute Gasteiger partial charge is 0.00202 e. The highest BCUT2D eigenvalue weighted by Gasteiger charge is 2.33. The van der Waals surface area contributed by atoms with Crippen LogP contribution in [0.25, 0.3) is 0 Å². The van der Waals surface area contributed by atoms with Crippen LogP contribution in [-0.4, -0.2) is 13.1 Å². The van der Waals surface area contributed by atoms with Crippen molar-refractivity contribution in [3.8, 4) is 0 Å². The summed E-state index contributed by atoms with van der Waals surface area (Å²) in [5.74, 6) is 0. The van der Waals surface area contributed by atoms with Crippen LogP contribution in [0.2, 0.25) is 0 Å². The summed E-state index contributed by atoms with van der Waals surface area (Å²) >= 11 is 0. The number of hydrogen-bond acceptors (Lipinski definition) is 1. The van der Waals surface area contributed by atoms with E-state index in [2.05, 4.69) is 18.8 Å². The second-order valence-electron chi connectivity index (χ2n) is 3.28. The fourth-order valence-corrected chi connectivity index (χ4v) is 1.49. The molecule has 0 amide bonds. The molecule has 1 heteroatoms. The molecule has 0 aliphatic carbocycles. The van der Waals surface area contributed by atoms with Gasteiger partial charge in [0.15, 0.2) is 0 Å². The maximum Gasteiger partial charge on any atom is 0.00202 e. The largest absolute Gasteiger partial charge is 0.316 e. The van der Waals surface area contributed by atoms with Gasteiger partial charge < -0.3 is 5.32 Å². The SMILES string of the molecule is C=CCCC1(CC)CNC1. The molecule has 0 spiro atoms. The molecule has 0 aromatic rings. The van der Waals surface area contributed by atoms with Crippen LogP contribution in [-0.2, 0) is 0 Å². The van der Waals surface area contributed by atoms with Crippen molar-refractivity contribution < 1.29 is 0 Å². The molecule has 0 unspecified atom stereocenters. The van der Waals surface area contributed by atoms with E-state index in [0.29, 0.717) is 5.41 Å². The molecule has 1 nitrogen and oxygen atoms in total. The van der Waals surface area contributed by atoms with Gasteiger partial charge in [-0.1, -0.05) is 13.0 Å². The Hall–Kier alpha value is -0.300. The van der Waals surface area contributed by atoms with Crippen molar-refractivity contribution in [3.63, 3.8) is 0 Å². The highest BCUT2D eigenvalue weighted by atomic mass is 15.0. The molecule has 1 heterocycles. The first kappa shape index (κ1) is 7.80. The van der Waals surface area contributed by atoms with Crippen molar-refractivity contribution >= 4 is 0 Å². The van der Waals surface area contributed by atoms with Gasteiger partial charge in [-0.3, -0.25) is 0 Å². The number of allylic oxidation sites excluding steroid dienone is 1. The van der Waals surface area contributed by atoms with Crippen molar-refractivity contribution in [1.82, 2.24) is 5.32 Å². The lowest BCUT2D eigenvalue weighted by atomic mass is 9.75. The maximum absolute atomic E-state index is 3.74. The third-order valence-corrected chi connectivity index (χ3v) is 2.63. The molecule has 0 bridgehead atoms. The highest BCUT2D eigenvalue weighted by Crippen LogP contribution is 2.31. The topological polar surface area (TPSA) is 12.0 Å². The second-order valence-corrected chi connectivity index (χ2v) is 3.28. The Kier molecular flexibility index (Phi) is 2.50. The van der Waals surface area contributed by atoms with Gasteiger partial charge in [-0.05, 0) is 24.7 Å². The van der Waals surface area contributed by atoms with E-state index in [9.17, 15) is 0 Å². The molecule has 1 aliphatic heterocycles. The molecule has 0 aromatic carbocycles. The first-order chi connectivity index (χ1) is 4.83. The zero-order valence-electron chi connectivity index (χ0n) is 6.82. The fourth-order valence-electron chi connectivity index (χ4n) is 1.49. The third kappa shape index (κ3) is 1.40. The maximum atomic E-state index is 3.74. The van der Waals surface area contributed by atoms with Gasteiger partial charge in [-0.15, -0.1) is 6.58 Å². The average Bonchev–Trinajstić information content (AvgIpc) is 1.87. The normalized spacial score (nSPS) is 21.7. The number of nitrogens with one attached hydrogen (secondary N) is 1. The van der Waals surface area contributed by atoms with Crippen LogP contribution in [0.15, 0.2) is 12.7 Å². The van der Waals surface area contributed by atoms with E-state index in [1.807, 2.05) is 6.08 Å². The van der Waals surface area contributed by atoms with E-state index >= 15 is 0 Å². The average molecular weight is 139 g/mol. The van der Waals surface area contributed by atoms with Gasteiger partial charge in [0.25, 0.3) is 0 Å². The van der Waals surface area contributed by atoms with Crippen LogP contribution in [0, 0.1) is 5.41 Å². The molecule has 0 saturated carbocycles. The van der Waals surface area contributed by atoms with Gasteiger partial charge in [0.05, 0.1) is 0 Å². The summed E-state index contributed by atoms with van der Waals surface area (Å²) in [5.41, 5.74) is 0.633. The zero-order chi connectivity index (χ0) is 7.45. The van der Waals surface area contributed by atoms with Gasteiger partial charge in [0.2, 0.25) is 0 Å². The molecule has 1 saturated heterocycles. The first-order valence-electron chi connectivity index (χ1n) is 4.14. The summed E-state index contributed by atoms with van der Waals surface area (Å²) in [5, 5.41) is 3.33. The van der Waals surface area contributed by atoms with Gasteiger partial charge in [-0.2, -0.15) is 0 Å². The summed E-state index contributed by atoms with van der Waals surface area (Å²) in [6.07, 6.45) is 5.83. The molecule has 1 rings (SSSR count). The van der Waals surface area contributed by atoms with Crippen LogP contribution in [0.1, 0.15) is 26.2 Å². The standard InChI is InChI=1S/C9H17N/c1-3-5-6-9(4-2)7-10-8-9/h3,10H,1,4-8H2,2H3. The van der Waals surface area contributed by atoms with Crippen molar-refractivity contribution in [1.29, 1.82) is 0 Å². The van der Waals surface area contributed by atoms with Gasteiger partial charge in [0.1, 0.15) is 0 Å². The molecule has 1 fully saturated rings. The Bertz CT molecular complexity index is 108. The Morgan fingerprint density at radius 1 is 1.60 bits per heavy atom. The van der Waals surface area contributed by atoms with Crippen LogP contribution >= 0.6 is 0 Å². The van der Waals surface area contributed by atoms with Gasteiger partial charge in [-0.25, -0.2) is 0 Å². The summed E-state index contributed by atoms with van der Waals surface area (Å²) in [7, 11) is 0. The lowest BCUT2D eigenvalue weighted by Crippen LogP contribution is -2.52. The summed E-state index contributed by atoms with van der Waals surface area (Å²) < 4.78 is 0. The number of rotatable bonds is 4. The van der Waals surface area contributed by atoms with Crippen LogP contribution < -0.4 is 5.32 Å². The lowest BCUT2D eigenvalue weighted by Gasteiger charge is -2.42. The first-order valence-corrected chi connectivity index (χ1v) is 4.14. The van der Waals surface area contributed by atoms with Gasteiger partial charge in [0, 0.05) is 13.1 Å². The lowest BCUT2D eigenvalue weighted by molar-refractivity contribution is 0.147. The van der Waals surface area contributed by atoms with Crippen LogP contribution in [0.4, 0.5) is 0 Å². The quantitative estimate of drug-likeness (QED) is 0.587. The molecule has 1 N–H and O–H groups in total. The minimum absolute atomic E-state index is 0.633. The van der Waals surface area contributed by atoms with Crippen LogP contribution in [0.5, 0.6) is 0 Å². The molecular formula is C9H17N. The molecule has 0 atom stereocenters. The summed E-state index contributed by atoms with van der Waals surface area (Å²) in [6.45, 7) is 8.46. The van der Waals surface area contributed by atoms with E-state index < -0.39 is 0 Å². The zero-order valence-corrected chi connectivity index (χ0v) is 6.82. The molecule has 10 heavy (non-hydrogen) atoms. The Labute approximate surface area is 63.5 Å². The van der Waals surface area contributed by atoms with E-state index in [1.165, 1.54) is 32.4 Å². The predicted octanol–water partition coefficient (Wildman–Crippen LogP) is 1.95. The summed E-state index contributed by atoms with van der Waals surface area (Å²) in [6, 6.07) is 0. The van der Waals surface area contributed by atoms with Crippen LogP contribution in [0.3, 0.4) is 0 Å². The predicted molar refractivity (Wildman–Crippen MR) is 45.0 cm³/mol. The third-order valence-electron chi connectivity index (χ3n) is 2.63. The van der Waals surface area contributed by atoms with Crippen molar-refractivity contribution in [2.75, 3.05) is 13.1 Å². The molecule has 0 radical (unpaired) electrons. The Morgan fingerprint density at radius 2 is 2.30 bits per heavy atom. The second kappa shape index (κ2) is 3.20. The fraction of sp³-hybridized carbons (Fsp3) is 0.778. The van der Waals surface area contributed by atoms with E-state index in [1.54, 1.807) is 0 Å². The van der Waals surface area contributed by atoms with E-state index in [4.69, 9.17) is 0 Å².